The Bertz CT molecular complexity index is 731. The molecular weight excluding hydrogens is 332 g/mol. The van der Waals surface area contributed by atoms with Gasteiger partial charge < -0.3 is 19.3 Å². The largest absolute Gasteiger partial charge is 0.497 e. The van der Waals surface area contributed by atoms with Gasteiger partial charge in [0, 0.05) is 45.0 Å². The number of rotatable bonds is 6. The Morgan fingerprint density at radius 1 is 1.08 bits per heavy atom. The van der Waals surface area contributed by atoms with Gasteiger partial charge in [-0.1, -0.05) is 0 Å². The summed E-state index contributed by atoms with van der Waals surface area (Å²) in [6.45, 7) is 2.87. The van der Waals surface area contributed by atoms with Crippen LogP contribution < -0.4 is 14.4 Å². The lowest BCUT2D eigenvalue weighted by Crippen LogP contribution is -2.49. The average Bonchev–Trinajstić information content (AvgIpc) is 2.72. The molecule has 0 radical (unpaired) electrons. The van der Waals surface area contributed by atoms with E-state index in [-0.39, 0.29) is 5.91 Å². The number of carbonyl (C=O) groups excluding carboxylic acids is 1. The molecule has 1 aliphatic heterocycles. The number of carbonyl (C=O) groups is 1. The number of nitrogens with zero attached hydrogens (tertiary/aromatic N) is 4. The first-order valence-electron chi connectivity index (χ1n) is 8.72. The number of piperazine rings is 1. The summed E-state index contributed by atoms with van der Waals surface area (Å²) in [7, 11) is 3.27. The molecule has 0 spiro atoms. The fourth-order valence-corrected chi connectivity index (χ4v) is 3.09. The molecule has 1 amide bonds. The van der Waals surface area contributed by atoms with Gasteiger partial charge in [0.25, 0.3) is 0 Å². The Kier molecular flexibility index (Phi) is 5.88. The van der Waals surface area contributed by atoms with Crippen molar-refractivity contribution < 1.29 is 14.3 Å². The van der Waals surface area contributed by atoms with Gasteiger partial charge in [0.1, 0.15) is 11.5 Å². The van der Waals surface area contributed by atoms with Crippen LogP contribution in [0.5, 0.6) is 11.5 Å². The van der Waals surface area contributed by atoms with Crippen molar-refractivity contribution in [3.8, 4) is 11.5 Å². The zero-order chi connectivity index (χ0) is 18.4. The van der Waals surface area contributed by atoms with Crippen molar-refractivity contribution in [1.82, 2.24) is 14.9 Å². The standard InChI is InChI=1S/C19H24N4O3/c1-25-16-5-6-17(26-2)15(14-16)4-7-18(24)22-10-12-23(13-11-22)19-20-8-3-9-21-19/h3,5-6,8-9,14H,4,7,10-13H2,1-2H3. The van der Waals surface area contributed by atoms with E-state index in [1.165, 1.54) is 0 Å². The highest BCUT2D eigenvalue weighted by atomic mass is 16.5. The lowest BCUT2D eigenvalue weighted by atomic mass is 10.1. The van der Waals surface area contributed by atoms with E-state index in [9.17, 15) is 4.79 Å². The highest BCUT2D eigenvalue weighted by molar-refractivity contribution is 5.77. The number of aryl methyl sites for hydroxylation is 1. The zero-order valence-electron chi connectivity index (χ0n) is 15.2. The lowest BCUT2D eigenvalue weighted by Gasteiger charge is -2.34. The van der Waals surface area contributed by atoms with Gasteiger partial charge in [0.2, 0.25) is 11.9 Å². The second-order valence-electron chi connectivity index (χ2n) is 6.09. The van der Waals surface area contributed by atoms with Gasteiger partial charge in [-0.3, -0.25) is 4.79 Å². The van der Waals surface area contributed by atoms with Crippen molar-refractivity contribution in [2.75, 3.05) is 45.3 Å². The SMILES string of the molecule is COc1ccc(OC)c(CCC(=O)N2CCN(c3ncccn3)CC2)c1. The van der Waals surface area contributed by atoms with E-state index >= 15 is 0 Å². The van der Waals surface area contributed by atoms with Gasteiger partial charge in [0.15, 0.2) is 0 Å². The van der Waals surface area contributed by atoms with Crippen molar-refractivity contribution in [3.05, 3.63) is 42.2 Å². The number of amides is 1. The predicted molar refractivity (Wildman–Crippen MR) is 98.7 cm³/mol. The number of aromatic nitrogens is 2. The molecule has 0 saturated carbocycles. The summed E-state index contributed by atoms with van der Waals surface area (Å²) in [4.78, 5) is 25.1. The topological polar surface area (TPSA) is 67.8 Å². The van der Waals surface area contributed by atoms with E-state index in [2.05, 4.69) is 14.9 Å². The first kappa shape index (κ1) is 18.0. The average molecular weight is 356 g/mol. The van der Waals surface area contributed by atoms with E-state index in [0.29, 0.717) is 25.9 Å². The van der Waals surface area contributed by atoms with Crippen LogP contribution in [0, 0.1) is 0 Å². The van der Waals surface area contributed by atoms with E-state index in [1.54, 1.807) is 32.7 Å². The summed E-state index contributed by atoms with van der Waals surface area (Å²) in [5.74, 6) is 2.43. The molecule has 1 aliphatic rings. The van der Waals surface area contributed by atoms with Crippen LogP contribution in [0.4, 0.5) is 5.95 Å². The fourth-order valence-electron chi connectivity index (χ4n) is 3.09. The van der Waals surface area contributed by atoms with Crippen LogP contribution in [-0.2, 0) is 11.2 Å². The summed E-state index contributed by atoms with van der Waals surface area (Å²) >= 11 is 0. The summed E-state index contributed by atoms with van der Waals surface area (Å²) in [6.07, 6.45) is 4.55. The van der Waals surface area contributed by atoms with Gasteiger partial charge in [-0.25, -0.2) is 9.97 Å². The van der Waals surface area contributed by atoms with Gasteiger partial charge in [-0.15, -0.1) is 0 Å². The third-order valence-corrected chi connectivity index (χ3v) is 4.56. The molecule has 2 aromatic rings. The van der Waals surface area contributed by atoms with E-state index < -0.39 is 0 Å². The molecule has 0 aliphatic carbocycles. The number of benzene rings is 1. The van der Waals surface area contributed by atoms with Crippen LogP contribution in [0.3, 0.4) is 0 Å². The molecule has 138 valence electrons. The maximum absolute atomic E-state index is 12.6. The highest BCUT2D eigenvalue weighted by Gasteiger charge is 2.22. The van der Waals surface area contributed by atoms with Crippen LogP contribution in [0.25, 0.3) is 0 Å². The summed E-state index contributed by atoms with van der Waals surface area (Å²) in [5, 5.41) is 0. The second kappa shape index (κ2) is 8.51. The molecular formula is C19H24N4O3. The van der Waals surface area contributed by atoms with Crippen LogP contribution in [0.2, 0.25) is 0 Å². The molecule has 7 nitrogen and oxygen atoms in total. The van der Waals surface area contributed by atoms with Gasteiger partial charge >= 0.3 is 0 Å². The monoisotopic (exact) mass is 356 g/mol. The maximum atomic E-state index is 12.6. The van der Waals surface area contributed by atoms with Crippen LogP contribution >= 0.6 is 0 Å². The van der Waals surface area contributed by atoms with Gasteiger partial charge in [-0.05, 0) is 36.2 Å². The molecule has 1 fully saturated rings. The first-order chi connectivity index (χ1) is 12.7. The Hall–Kier alpha value is -2.83. The molecule has 1 saturated heterocycles. The normalized spacial score (nSPS) is 14.2. The number of anilines is 1. The Morgan fingerprint density at radius 3 is 2.46 bits per heavy atom. The molecule has 7 heteroatoms. The molecule has 0 N–H and O–H groups in total. The van der Waals surface area contributed by atoms with Crippen LogP contribution in [0.15, 0.2) is 36.7 Å². The molecule has 0 unspecified atom stereocenters. The maximum Gasteiger partial charge on any atom is 0.225 e. The minimum Gasteiger partial charge on any atom is -0.497 e. The lowest BCUT2D eigenvalue weighted by molar-refractivity contribution is -0.131. The quantitative estimate of drug-likeness (QED) is 0.786. The minimum atomic E-state index is 0.156. The number of ether oxygens (including phenoxy) is 2. The van der Waals surface area contributed by atoms with E-state index in [0.717, 1.165) is 36.1 Å². The fraction of sp³-hybridized carbons (Fsp3) is 0.421. The van der Waals surface area contributed by atoms with Crippen LogP contribution in [-0.4, -0.2) is 61.2 Å². The summed E-state index contributed by atoms with van der Waals surface area (Å²) < 4.78 is 10.6. The van der Waals surface area contributed by atoms with Crippen molar-refractivity contribution in [2.45, 2.75) is 12.8 Å². The van der Waals surface area contributed by atoms with Gasteiger partial charge in [0.05, 0.1) is 14.2 Å². The Balaban J connectivity index is 1.53. The summed E-state index contributed by atoms with van der Waals surface area (Å²) in [6, 6.07) is 7.46. The summed E-state index contributed by atoms with van der Waals surface area (Å²) in [5.41, 5.74) is 0.983. The minimum absolute atomic E-state index is 0.156. The van der Waals surface area contributed by atoms with Crippen molar-refractivity contribution in [1.29, 1.82) is 0 Å². The zero-order valence-corrected chi connectivity index (χ0v) is 15.2. The molecule has 0 atom stereocenters. The predicted octanol–water partition coefficient (Wildman–Crippen LogP) is 1.78. The number of hydrogen-bond acceptors (Lipinski definition) is 6. The van der Waals surface area contributed by atoms with E-state index in [1.807, 2.05) is 23.1 Å². The number of hydrogen-bond donors (Lipinski definition) is 0. The molecule has 3 rings (SSSR count). The van der Waals surface area contributed by atoms with Crippen molar-refractivity contribution in [3.63, 3.8) is 0 Å². The molecule has 1 aromatic heterocycles. The smallest absolute Gasteiger partial charge is 0.225 e. The second-order valence-corrected chi connectivity index (χ2v) is 6.09. The molecule has 0 bridgehead atoms. The third-order valence-electron chi connectivity index (χ3n) is 4.56. The van der Waals surface area contributed by atoms with Gasteiger partial charge in [-0.2, -0.15) is 0 Å². The molecule has 1 aromatic carbocycles. The molecule has 2 heterocycles. The third kappa shape index (κ3) is 4.22. The van der Waals surface area contributed by atoms with Crippen LogP contribution in [0.1, 0.15) is 12.0 Å². The number of methoxy groups -OCH3 is 2. The first-order valence-corrected chi connectivity index (χ1v) is 8.72. The Morgan fingerprint density at radius 2 is 1.81 bits per heavy atom. The van der Waals surface area contributed by atoms with E-state index in [4.69, 9.17) is 9.47 Å². The van der Waals surface area contributed by atoms with Crippen molar-refractivity contribution in [2.24, 2.45) is 0 Å². The highest BCUT2D eigenvalue weighted by Crippen LogP contribution is 2.25. The molecule has 26 heavy (non-hydrogen) atoms. The Labute approximate surface area is 153 Å². The van der Waals surface area contributed by atoms with Crippen molar-refractivity contribution >= 4 is 11.9 Å².